The van der Waals surface area contributed by atoms with Crippen LogP contribution in [0.2, 0.25) is 0 Å². The second-order valence-electron chi connectivity index (χ2n) is 8.98. The maximum atomic E-state index is 12.9. The van der Waals surface area contributed by atoms with E-state index in [-0.39, 0.29) is 5.92 Å². The molecule has 1 N–H and O–H groups in total. The molecule has 5 aromatic rings. The fraction of sp³-hybridized carbons (Fsp3) is 0.280. The van der Waals surface area contributed by atoms with Gasteiger partial charge in [-0.05, 0) is 34.0 Å². The van der Waals surface area contributed by atoms with Crippen molar-refractivity contribution in [2.75, 3.05) is 17.7 Å². The van der Waals surface area contributed by atoms with Gasteiger partial charge in [0.2, 0.25) is 11.1 Å². The van der Waals surface area contributed by atoms with E-state index in [0.29, 0.717) is 41.1 Å². The third kappa shape index (κ3) is 5.05. The molecule has 12 heteroatoms. The third-order valence-electron chi connectivity index (χ3n) is 6.02. The number of hydrogen-bond acceptors (Lipinski definition) is 8. The average Bonchev–Trinajstić information content (AvgIpc) is 3.53. The minimum atomic E-state index is -0.490. The van der Waals surface area contributed by atoms with Crippen LogP contribution in [0.4, 0.5) is 5.95 Å². The first-order chi connectivity index (χ1) is 17.9. The second-order valence-corrected chi connectivity index (χ2v) is 9.97. The number of tetrazole rings is 1. The minimum absolute atomic E-state index is 0.129. The zero-order valence-corrected chi connectivity index (χ0v) is 21.6. The molecule has 0 spiro atoms. The molecule has 37 heavy (non-hydrogen) atoms. The van der Waals surface area contributed by atoms with Crippen LogP contribution in [-0.4, -0.2) is 52.1 Å². The highest BCUT2D eigenvalue weighted by molar-refractivity contribution is 7.99. The van der Waals surface area contributed by atoms with Crippen molar-refractivity contribution in [3.05, 3.63) is 87.1 Å². The Labute approximate surface area is 216 Å². The Kier molecular flexibility index (Phi) is 6.91. The summed E-state index contributed by atoms with van der Waals surface area (Å²) in [5.41, 5.74) is 1.80. The standard InChI is InChI=1S/C25H27N9O2S/c1-17(16-37-25-28-29-30-34(25)19-12-8-5-9-13-19)14-33-20-21(32(3)24(36)27-22(20)35)26-23(33)31(2)15-18-10-6-4-7-11-18/h4-13,17H,14-16H2,1-3H3,(H,27,35,36)/t17-/m0/s1. The smallest absolute Gasteiger partial charge is 0.329 e. The Morgan fingerprint density at radius 3 is 2.49 bits per heavy atom. The van der Waals surface area contributed by atoms with Gasteiger partial charge in [-0.2, -0.15) is 9.67 Å². The number of fused-ring (bicyclic) bond motifs is 1. The highest BCUT2D eigenvalue weighted by Gasteiger charge is 2.22. The Hall–Kier alpha value is -4.19. The lowest BCUT2D eigenvalue weighted by Crippen LogP contribution is -2.30. The Morgan fingerprint density at radius 2 is 1.76 bits per heavy atom. The van der Waals surface area contributed by atoms with Crippen molar-refractivity contribution in [1.82, 2.24) is 39.3 Å². The van der Waals surface area contributed by atoms with E-state index in [4.69, 9.17) is 4.98 Å². The van der Waals surface area contributed by atoms with Crippen molar-refractivity contribution in [2.45, 2.75) is 25.2 Å². The van der Waals surface area contributed by atoms with Crippen LogP contribution < -0.4 is 16.1 Å². The summed E-state index contributed by atoms with van der Waals surface area (Å²) in [6.07, 6.45) is 0. The number of imidazole rings is 1. The number of thioether (sulfide) groups is 1. The SMILES string of the molecule is C[C@H](CSc1nnnn1-c1ccccc1)Cn1c(N(C)Cc2ccccc2)nc2c1c(=O)[nH]c(=O)n2C. The fourth-order valence-corrected chi connectivity index (χ4v) is 5.09. The molecule has 0 fully saturated rings. The lowest BCUT2D eigenvalue weighted by Gasteiger charge is -2.21. The minimum Gasteiger partial charge on any atom is -0.341 e. The molecule has 0 amide bonds. The molecule has 0 aliphatic carbocycles. The maximum Gasteiger partial charge on any atom is 0.329 e. The zero-order valence-electron chi connectivity index (χ0n) is 20.8. The van der Waals surface area contributed by atoms with Gasteiger partial charge in [0.1, 0.15) is 0 Å². The molecule has 11 nitrogen and oxygen atoms in total. The van der Waals surface area contributed by atoms with Crippen LogP contribution in [0.1, 0.15) is 12.5 Å². The van der Waals surface area contributed by atoms with Crippen molar-refractivity contribution in [3.8, 4) is 5.69 Å². The van der Waals surface area contributed by atoms with Crippen LogP contribution in [0.5, 0.6) is 0 Å². The van der Waals surface area contributed by atoms with Crippen LogP contribution in [0, 0.1) is 5.92 Å². The highest BCUT2D eigenvalue weighted by atomic mass is 32.2. The van der Waals surface area contributed by atoms with Crippen LogP contribution in [0.15, 0.2) is 75.4 Å². The van der Waals surface area contributed by atoms with Crippen LogP contribution in [0.25, 0.3) is 16.9 Å². The maximum absolute atomic E-state index is 12.9. The lowest BCUT2D eigenvalue weighted by atomic mass is 10.2. The van der Waals surface area contributed by atoms with Gasteiger partial charge in [-0.1, -0.05) is 67.2 Å². The monoisotopic (exact) mass is 517 g/mol. The summed E-state index contributed by atoms with van der Waals surface area (Å²) >= 11 is 1.55. The number of aryl methyl sites for hydroxylation is 1. The Bertz CT molecular complexity index is 1620. The Balaban J connectivity index is 1.43. The summed E-state index contributed by atoms with van der Waals surface area (Å²) in [5, 5.41) is 12.8. The average molecular weight is 518 g/mol. The summed E-state index contributed by atoms with van der Waals surface area (Å²) in [5.74, 6) is 1.46. The van der Waals surface area contributed by atoms with Crippen molar-refractivity contribution < 1.29 is 0 Å². The molecule has 0 aliphatic heterocycles. The number of nitrogens with zero attached hydrogens (tertiary/aromatic N) is 8. The van der Waals surface area contributed by atoms with E-state index in [1.54, 1.807) is 23.5 Å². The molecule has 1 atom stereocenters. The number of benzene rings is 2. The van der Waals surface area contributed by atoms with Gasteiger partial charge in [0.25, 0.3) is 5.56 Å². The first-order valence-electron chi connectivity index (χ1n) is 11.8. The quantitative estimate of drug-likeness (QED) is 0.296. The normalized spacial score (nSPS) is 12.2. The fourth-order valence-electron chi connectivity index (χ4n) is 4.20. The molecule has 3 heterocycles. The molecule has 190 valence electrons. The van der Waals surface area contributed by atoms with E-state index in [9.17, 15) is 9.59 Å². The van der Waals surface area contributed by atoms with Gasteiger partial charge in [0.15, 0.2) is 11.2 Å². The summed E-state index contributed by atoms with van der Waals surface area (Å²) in [4.78, 5) is 34.3. The highest BCUT2D eigenvalue weighted by Crippen LogP contribution is 2.25. The number of para-hydroxylation sites is 1. The third-order valence-corrected chi connectivity index (χ3v) is 7.27. The summed E-state index contributed by atoms with van der Waals surface area (Å²) < 4.78 is 4.99. The number of aromatic amines is 1. The zero-order chi connectivity index (χ0) is 25.9. The van der Waals surface area contributed by atoms with Gasteiger partial charge in [0, 0.05) is 32.9 Å². The van der Waals surface area contributed by atoms with Gasteiger partial charge in [0.05, 0.1) is 5.69 Å². The summed E-state index contributed by atoms with van der Waals surface area (Å²) in [6.45, 7) is 3.23. The van der Waals surface area contributed by atoms with E-state index < -0.39 is 11.2 Å². The van der Waals surface area contributed by atoms with Gasteiger partial charge in [-0.25, -0.2) is 4.79 Å². The number of hydrogen-bond donors (Lipinski definition) is 1. The van der Waals surface area contributed by atoms with Gasteiger partial charge >= 0.3 is 5.69 Å². The summed E-state index contributed by atoms with van der Waals surface area (Å²) in [7, 11) is 3.55. The predicted molar refractivity (Wildman–Crippen MR) is 143 cm³/mol. The van der Waals surface area contributed by atoms with E-state index in [1.807, 2.05) is 77.2 Å². The second kappa shape index (κ2) is 10.4. The molecule has 0 bridgehead atoms. The van der Waals surface area contributed by atoms with Crippen molar-refractivity contribution in [3.63, 3.8) is 0 Å². The molecule has 2 aromatic carbocycles. The van der Waals surface area contributed by atoms with E-state index in [0.717, 1.165) is 11.3 Å². The van der Waals surface area contributed by atoms with Crippen molar-refractivity contribution >= 4 is 28.9 Å². The van der Waals surface area contributed by atoms with Crippen LogP contribution in [-0.2, 0) is 20.1 Å². The molecular formula is C25H27N9O2S. The first-order valence-corrected chi connectivity index (χ1v) is 12.8. The lowest BCUT2D eigenvalue weighted by molar-refractivity contribution is 0.536. The van der Waals surface area contributed by atoms with Gasteiger partial charge in [-0.15, -0.1) is 5.10 Å². The molecule has 3 aromatic heterocycles. The largest absolute Gasteiger partial charge is 0.341 e. The van der Waals surface area contributed by atoms with Crippen molar-refractivity contribution in [1.29, 1.82) is 0 Å². The topological polar surface area (TPSA) is 120 Å². The number of nitrogens with one attached hydrogen (secondary N) is 1. The molecule has 5 rings (SSSR count). The number of anilines is 1. The summed E-state index contributed by atoms with van der Waals surface area (Å²) in [6, 6.07) is 19.8. The van der Waals surface area contributed by atoms with Gasteiger partial charge in [-0.3, -0.25) is 14.3 Å². The van der Waals surface area contributed by atoms with Crippen LogP contribution in [0.3, 0.4) is 0 Å². The molecule has 0 saturated carbocycles. The molecular weight excluding hydrogens is 490 g/mol. The van der Waals surface area contributed by atoms with E-state index in [2.05, 4.69) is 27.4 Å². The molecule has 0 aliphatic rings. The predicted octanol–water partition coefficient (Wildman–Crippen LogP) is 2.46. The number of H-pyrrole nitrogens is 1. The molecule has 0 radical (unpaired) electrons. The van der Waals surface area contributed by atoms with E-state index in [1.165, 1.54) is 4.57 Å². The molecule has 0 saturated heterocycles. The van der Waals surface area contributed by atoms with Crippen molar-refractivity contribution in [2.24, 2.45) is 13.0 Å². The van der Waals surface area contributed by atoms with Crippen LogP contribution >= 0.6 is 11.8 Å². The first kappa shape index (κ1) is 24.5. The number of rotatable bonds is 9. The number of aromatic nitrogens is 8. The van der Waals surface area contributed by atoms with E-state index >= 15 is 0 Å². The molecule has 0 unspecified atom stereocenters. The Morgan fingerprint density at radius 1 is 1.05 bits per heavy atom. The van der Waals surface area contributed by atoms with Gasteiger partial charge < -0.3 is 9.47 Å².